The fraction of sp³-hybridized carbons (Fsp3) is 0.630. The van der Waals surface area contributed by atoms with Crippen molar-refractivity contribution in [2.24, 2.45) is 23.7 Å². The van der Waals surface area contributed by atoms with E-state index in [1.807, 2.05) is 25.1 Å². The maximum atomic E-state index is 13.1. The monoisotopic (exact) mass is 486 g/mol. The van der Waals surface area contributed by atoms with E-state index in [1.54, 1.807) is 6.08 Å². The molecule has 4 aliphatic rings. The molecule has 3 aliphatic heterocycles. The molecular formula is C27H34O8. The van der Waals surface area contributed by atoms with Gasteiger partial charge in [-0.1, -0.05) is 26.8 Å². The highest BCUT2D eigenvalue weighted by Crippen LogP contribution is 2.63. The molecule has 1 aliphatic carbocycles. The third-order valence-corrected chi connectivity index (χ3v) is 8.61. The minimum atomic E-state index is -0.781. The maximum absolute atomic E-state index is 13.1. The quantitative estimate of drug-likeness (QED) is 0.482. The average Bonchev–Trinajstić information content (AvgIpc) is 3.51. The molecule has 1 aromatic rings. The van der Waals surface area contributed by atoms with Crippen molar-refractivity contribution >= 4 is 18.0 Å². The van der Waals surface area contributed by atoms with Gasteiger partial charge in [-0.2, -0.15) is 0 Å². The number of hydrogen-bond acceptors (Lipinski definition) is 8. The predicted molar refractivity (Wildman–Crippen MR) is 125 cm³/mol. The minimum absolute atomic E-state index is 0.0176. The lowest BCUT2D eigenvalue weighted by atomic mass is 9.69. The van der Waals surface area contributed by atoms with E-state index in [4.69, 9.17) is 23.7 Å². The van der Waals surface area contributed by atoms with Gasteiger partial charge in [-0.3, -0.25) is 0 Å². The van der Waals surface area contributed by atoms with Crippen LogP contribution in [0.4, 0.5) is 0 Å². The van der Waals surface area contributed by atoms with Gasteiger partial charge in [-0.05, 0) is 61.3 Å². The van der Waals surface area contributed by atoms with E-state index in [9.17, 15) is 14.7 Å². The maximum Gasteiger partial charge on any atom is 0.332 e. The molecule has 0 spiro atoms. The smallest absolute Gasteiger partial charge is 0.332 e. The Morgan fingerprint density at radius 3 is 2.71 bits per heavy atom. The van der Waals surface area contributed by atoms with Crippen molar-refractivity contribution in [2.75, 3.05) is 13.4 Å². The molecule has 2 bridgehead atoms. The number of esters is 2. The van der Waals surface area contributed by atoms with Crippen LogP contribution in [-0.2, 0) is 23.8 Å². The SMILES string of the molecule is CC1CCC2[C@@H]1[C@H](OC(=O)/C=C/c1ccc3c(c1)OCO3)C1(C(C)C)CC(OC(=O)CO)C2(C)O1. The van der Waals surface area contributed by atoms with Crippen LogP contribution in [-0.4, -0.2) is 53.9 Å². The largest absolute Gasteiger partial charge is 0.457 e. The highest BCUT2D eigenvalue weighted by molar-refractivity contribution is 5.87. The van der Waals surface area contributed by atoms with E-state index in [-0.39, 0.29) is 24.5 Å². The number of rotatable bonds is 6. The molecule has 5 rings (SSSR count). The van der Waals surface area contributed by atoms with Crippen LogP contribution in [0.3, 0.4) is 0 Å². The standard InChI is InChI=1S/C27H34O8/c1-15(2)27-12-21(33-23(30)13-28)26(4,35-27)18-8-5-16(3)24(18)25(27)34-22(29)10-7-17-6-9-19-20(11-17)32-14-31-19/h6-7,9-11,15-16,18,21,24-25,28H,5,8,12-14H2,1-4H3/b10-7+/t16?,18?,21?,24-,25+,26?,27?/m1/s1. The molecule has 7 atom stereocenters. The number of hydrogen-bond donors (Lipinski definition) is 1. The Hall–Kier alpha value is -2.58. The summed E-state index contributed by atoms with van der Waals surface area (Å²) in [5.41, 5.74) is -0.659. The molecule has 3 heterocycles. The van der Waals surface area contributed by atoms with E-state index < -0.39 is 42.0 Å². The summed E-state index contributed by atoms with van der Waals surface area (Å²) >= 11 is 0. The van der Waals surface area contributed by atoms with Crippen molar-refractivity contribution in [3.05, 3.63) is 29.8 Å². The zero-order chi connectivity index (χ0) is 25.0. The van der Waals surface area contributed by atoms with E-state index in [0.717, 1.165) is 18.4 Å². The molecule has 8 heteroatoms. The first-order valence-electron chi connectivity index (χ1n) is 12.5. The van der Waals surface area contributed by atoms with Crippen molar-refractivity contribution in [1.29, 1.82) is 0 Å². The molecule has 1 saturated carbocycles. The summed E-state index contributed by atoms with van der Waals surface area (Å²) in [6.07, 6.45) is 4.49. The first-order valence-corrected chi connectivity index (χ1v) is 12.5. The number of benzene rings is 1. The second-order valence-corrected chi connectivity index (χ2v) is 10.8. The summed E-state index contributed by atoms with van der Waals surface area (Å²) in [7, 11) is 0. The van der Waals surface area contributed by atoms with E-state index >= 15 is 0 Å². The van der Waals surface area contributed by atoms with Gasteiger partial charge in [-0.15, -0.1) is 0 Å². The fourth-order valence-corrected chi connectivity index (χ4v) is 6.79. The first-order chi connectivity index (χ1) is 16.7. The molecule has 0 radical (unpaired) electrons. The molecular weight excluding hydrogens is 452 g/mol. The Morgan fingerprint density at radius 2 is 1.97 bits per heavy atom. The lowest BCUT2D eigenvalue weighted by molar-refractivity contribution is -0.264. The predicted octanol–water partition coefficient (Wildman–Crippen LogP) is 3.49. The molecule has 0 amide bonds. The van der Waals surface area contributed by atoms with Gasteiger partial charge in [0, 0.05) is 18.4 Å². The number of carbonyl (C=O) groups excluding carboxylic acids is 2. The lowest BCUT2D eigenvalue weighted by Crippen LogP contribution is -2.62. The van der Waals surface area contributed by atoms with E-state index in [1.165, 1.54) is 6.08 Å². The highest BCUT2D eigenvalue weighted by Gasteiger charge is 2.72. The van der Waals surface area contributed by atoms with Crippen molar-refractivity contribution in [2.45, 2.75) is 70.4 Å². The average molecular weight is 487 g/mol. The molecule has 5 unspecified atom stereocenters. The summed E-state index contributed by atoms with van der Waals surface area (Å²) in [5.74, 6) is 0.771. The van der Waals surface area contributed by atoms with Crippen LogP contribution in [0, 0.1) is 23.7 Å². The number of ether oxygens (including phenoxy) is 5. The zero-order valence-electron chi connectivity index (χ0n) is 20.7. The number of fused-ring (bicyclic) bond motifs is 5. The van der Waals surface area contributed by atoms with Crippen LogP contribution in [0.2, 0.25) is 0 Å². The summed E-state index contributed by atoms with van der Waals surface area (Å²) < 4.78 is 29.5. The molecule has 3 fully saturated rings. The Labute approximate surface area is 205 Å². The van der Waals surface area contributed by atoms with Crippen LogP contribution in [0.5, 0.6) is 11.5 Å². The summed E-state index contributed by atoms with van der Waals surface area (Å²) in [6.45, 7) is 7.84. The van der Waals surface area contributed by atoms with Gasteiger partial charge in [0.05, 0.1) is 0 Å². The Morgan fingerprint density at radius 1 is 1.20 bits per heavy atom. The molecule has 2 saturated heterocycles. The van der Waals surface area contributed by atoms with Gasteiger partial charge >= 0.3 is 11.9 Å². The van der Waals surface area contributed by atoms with Crippen molar-refractivity contribution in [3.8, 4) is 11.5 Å². The third-order valence-electron chi connectivity index (χ3n) is 8.61. The minimum Gasteiger partial charge on any atom is -0.457 e. The summed E-state index contributed by atoms with van der Waals surface area (Å²) in [4.78, 5) is 25.1. The topological polar surface area (TPSA) is 101 Å². The molecule has 8 nitrogen and oxygen atoms in total. The number of carbonyl (C=O) groups is 2. The van der Waals surface area contributed by atoms with E-state index in [0.29, 0.717) is 23.8 Å². The number of aliphatic hydroxyl groups is 1. The summed E-state index contributed by atoms with van der Waals surface area (Å²) in [6, 6.07) is 5.49. The van der Waals surface area contributed by atoms with Crippen molar-refractivity contribution < 1.29 is 38.4 Å². The number of aliphatic hydroxyl groups excluding tert-OH is 1. The Kier molecular flexibility index (Phi) is 6.08. The third kappa shape index (κ3) is 3.91. The van der Waals surface area contributed by atoms with Crippen LogP contribution >= 0.6 is 0 Å². The van der Waals surface area contributed by atoms with Gasteiger partial charge in [0.1, 0.15) is 30.0 Å². The second-order valence-electron chi connectivity index (χ2n) is 10.8. The second kappa shape index (κ2) is 8.82. The van der Waals surface area contributed by atoms with Gasteiger partial charge in [0.25, 0.3) is 0 Å². The molecule has 1 N–H and O–H groups in total. The van der Waals surface area contributed by atoms with E-state index in [2.05, 4.69) is 20.8 Å². The molecule has 190 valence electrons. The van der Waals surface area contributed by atoms with Gasteiger partial charge < -0.3 is 28.8 Å². The van der Waals surface area contributed by atoms with Crippen molar-refractivity contribution in [3.63, 3.8) is 0 Å². The zero-order valence-corrected chi connectivity index (χ0v) is 20.7. The molecule has 35 heavy (non-hydrogen) atoms. The summed E-state index contributed by atoms with van der Waals surface area (Å²) in [5, 5.41) is 9.29. The van der Waals surface area contributed by atoms with Crippen LogP contribution in [0.25, 0.3) is 6.08 Å². The highest BCUT2D eigenvalue weighted by atomic mass is 16.7. The Balaban J connectivity index is 1.42. The van der Waals surface area contributed by atoms with Crippen molar-refractivity contribution in [1.82, 2.24) is 0 Å². The van der Waals surface area contributed by atoms with Crippen LogP contribution in [0.1, 0.15) is 52.5 Å². The molecule has 0 aromatic heterocycles. The van der Waals surface area contributed by atoms with Gasteiger partial charge in [-0.25, -0.2) is 9.59 Å². The lowest BCUT2D eigenvalue weighted by Gasteiger charge is -2.52. The normalized spacial score (nSPS) is 37.0. The molecule has 1 aromatic carbocycles. The Bertz CT molecular complexity index is 1030. The van der Waals surface area contributed by atoms with Gasteiger partial charge in [0.2, 0.25) is 6.79 Å². The van der Waals surface area contributed by atoms with Gasteiger partial charge in [0.15, 0.2) is 11.5 Å². The first kappa shape index (κ1) is 24.1. The fourth-order valence-electron chi connectivity index (χ4n) is 6.79. The van der Waals surface area contributed by atoms with Crippen LogP contribution < -0.4 is 9.47 Å². The van der Waals surface area contributed by atoms with Crippen LogP contribution in [0.15, 0.2) is 24.3 Å².